The van der Waals surface area contributed by atoms with Crippen molar-refractivity contribution in [3.05, 3.63) is 0 Å². The average molecular weight is 200 g/mol. The highest BCUT2D eigenvalue weighted by Crippen LogP contribution is 2.27. The van der Waals surface area contributed by atoms with Crippen LogP contribution in [0.4, 0.5) is 0 Å². The summed E-state index contributed by atoms with van der Waals surface area (Å²) in [6.07, 6.45) is 1.46. The van der Waals surface area contributed by atoms with Gasteiger partial charge >= 0.3 is 0 Å². The molecule has 0 fully saturated rings. The van der Waals surface area contributed by atoms with Gasteiger partial charge in [0.2, 0.25) is 5.91 Å². The lowest BCUT2D eigenvalue weighted by atomic mass is 9.80. The number of nitrogens with two attached hydrogens (primary N) is 1. The molecular formula is C11H24N2O. The molecule has 0 rings (SSSR count). The molecule has 1 unspecified atom stereocenters. The summed E-state index contributed by atoms with van der Waals surface area (Å²) in [5.74, 6) is 0.543. The van der Waals surface area contributed by atoms with Gasteiger partial charge in [0.15, 0.2) is 0 Å². The van der Waals surface area contributed by atoms with E-state index in [4.69, 9.17) is 5.73 Å². The van der Waals surface area contributed by atoms with E-state index >= 15 is 0 Å². The Morgan fingerprint density at radius 3 is 2.43 bits per heavy atom. The van der Waals surface area contributed by atoms with Crippen LogP contribution in [-0.4, -0.2) is 19.0 Å². The zero-order valence-corrected chi connectivity index (χ0v) is 9.89. The van der Waals surface area contributed by atoms with Gasteiger partial charge in [-0.25, -0.2) is 0 Å². The van der Waals surface area contributed by atoms with Crippen molar-refractivity contribution < 1.29 is 4.79 Å². The highest BCUT2D eigenvalue weighted by Gasteiger charge is 2.22. The van der Waals surface area contributed by atoms with Crippen molar-refractivity contribution in [2.75, 3.05) is 13.1 Å². The fraction of sp³-hybridized carbons (Fsp3) is 0.909. The van der Waals surface area contributed by atoms with Gasteiger partial charge in [0.25, 0.3) is 0 Å². The normalized spacial score (nSPS) is 13.8. The maximum absolute atomic E-state index is 11.4. The van der Waals surface area contributed by atoms with Crippen LogP contribution in [-0.2, 0) is 4.79 Å². The van der Waals surface area contributed by atoms with E-state index in [0.29, 0.717) is 25.4 Å². The van der Waals surface area contributed by atoms with Crippen molar-refractivity contribution in [1.82, 2.24) is 5.32 Å². The van der Waals surface area contributed by atoms with Crippen molar-refractivity contribution in [2.24, 2.45) is 17.1 Å². The van der Waals surface area contributed by atoms with E-state index in [0.717, 1.165) is 6.42 Å². The maximum Gasteiger partial charge on any atom is 0.220 e. The third kappa shape index (κ3) is 5.97. The maximum atomic E-state index is 11.4. The minimum Gasteiger partial charge on any atom is -0.356 e. The third-order valence-corrected chi connectivity index (χ3v) is 2.67. The van der Waals surface area contributed by atoms with Crippen molar-refractivity contribution in [1.29, 1.82) is 0 Å². The Morgan fingerprint density at radius 2 is 2.00 bits per heavy atom. The van der Waals surface area contributed by atoms with Crippen molar-refractivity contribution in [3.8, 4) is 0 Å². The van der Waals surface area contributed by atoms with Crippen LogP contribution < -0.4 is 11.1 Å². The van der Waals surface area contributed by atoms with Gasteiger partial charge in [-0.3, -0.25) is 4.79 Å². The molecule has 0 aromatic rings. The predicted molar refractivity (Wildman–Crippen MR) is 59.9 cm³/mol. The predicted octanol–water partition coefficient (Wildman–Crippen LogP) is 1.52. The Kier molecular flexibility index (Phi) is 5.77. The number of carbonyl (C=O) groups excluding carboxylic acids is 1. The van der Waals surface area contributed by atoms with Gasteiger partial charge in [0.1, 0.15) is 0 Å². The first-order chi connectivity index (χ1) is 6.38. The molecule has 0 bridgehead atoms. The molecule has 0 saturated carbocycles. The Morgan fingerprint density at radius 1 is 1.43 bits per heavy atom. The Hall–Kier alpha value is -0.570. The summed E-state index contributed by atoms with van der Waals surface area (Å²) < 4.78 is 0. The number of rotatable bonds is 5. The Balaban J connectivity index is 3.72. The molecule has 3 heteroatoms. The van der Waals surface area contributed by atoms with E-state index < -0.39 is 0 Å². The fourth-order valence-corrected chi connectivity index (χ4v) is 0.986. The number of carbonyl (C=O) groups is 1. The summed E-state index contributed by atoms with van der Waals surface area (Å²) in [6.45, 7) is 9.92. The molecule has 0 heterocycles. The van der Waals surface area contributed by atoms with E-state index in [1.165, 1.54) is 0 Å². The number of hydrogen-bond donors (Lipinski definition) is 2. The Labute approximate surface area is 87.4 Å². The zero-order valence-electron chi connectivity index (χ0n) is 9.89. The molecule has 0 aliphatic heterocycles. The minimum atomic E-state index is 0.140. The van der Waals surface area contributed by atoms with E-state index in [9.17, 15) is 4.79 Å². The van der Waals surface area contributed by atoms with Crippen molar-refractivity contribution in [3.63, 3.8) is 0 Å². The molecule has 3 N–H and O–H groups in total. The summed E-state index contributed by atoms with van der Waals surface area (Å²) in [6, 6.07) is 0. The van der Waals surface area contributed by atoms with Crippen LogP contribution in [0.3, 0.4) is 0 Å². The van der Waals surface area contributed by atoms with Gasteiger partial charge in [0, 0.05) is 13.0 Å². The van der Waals surface area contributed by atoms with Crippen LogP contribution in [0.1, 0.15) is 40.5 Å². The van der Waals surface area contributed by atoms with Crippen LogP contribution >= 0.6 is 0 Å². The molecule has 14 heavy (non-hydrogen) atoms. The van der Waals surface area contributed by atoms with Crippen LogP contribution in [0.25, 0.3) is 0 Å². The smallest absolute Gasteiger partial charge is 0.220 e. The monoisotopic (exact) mass is 200 g/mol. The minimum absolute atomic E-state index is 0.140. The second kappa shape index (κ2) is 6.02. The molecule has 3 nitrogen and oxygen atoms in total. The molecule has 0 saturated heterocycles. The second-order valence-corrected chi connectivity index (χ2v) is 4.96. The number of nitrogens with one attached hydrogen (secondary N) is 1. The molecule has 0 aromatic heterocycles. The zero-order chi connectivity index (χ0) is 11.2. The van der Waals surface area contributed by atoms with Gasteiger partial charge in [-0.15, -0.1) is 0 Å². The molecule has 1 atom stereocenters. The average Bonchev–Trinajstić information content (AvgIpc) is 2.03. The molecule has 0 aliphatic carbocycles. The van der Waals surface area contributed by atoms with Crippen LogP contribution in [0.5, 0.6) is 0 Å². The lowest BCUT2D eigenvalue weighted by Crippen LogP contribution is -2.30. The summed E-state index contributed by atoms with van der Waals surface area (Å²) >= 11 is 0. The van der Waals surface area contributed by atoms with Gasteiger partial charge in [-0.1, -0.05) is 27.7 Å². The molecular weight excluding hydrogens is 176 g/mol. The van der Waals surface area contributed by atoms with E-state index in [2.05, 4.69) is 33.0 Å². The third-order valence-electron chi connectivity index (χ3n) is 2.67. The Bertz CT molecular complexity index is 173. The molecule has 0 spiro atoms. The van der Waals surface area contributed by atoms with E-state index in [-0.39, 0.29) is 11.3 Å². The first kappa shape index (κ1) is 13.4. The van der Waals surface area contributed by atoms with Gasteiger partial charge < -0.3 is 11.1 Å². The molecule has 0 radical (unpaired) electrons. The molecule has 0 aromatic carbocycles. The molecule has 1 amide bonds. The lowest BCUT2D eigenvalue weighted by Gasteiger charge is -2.26. The number of hydrogen-bond acceptors (Lipinski definition) is 2. The van der Waals surface area contributed by atoms with Gasteiger partial charge in [-0.05, 0) is 24.3 Å². The van der Waals surface area contributed by atoms with Crippen molar-refractivity contribution >= 4 is 5.91 Å². The summed E-state index contributed by atoms with van der Waals surface area (Å²) in [5, 5.41) is 2.87. The highest BCUT2D eigenvalue weighted by molar-refractivity contribution is 5.76. The largest absolute Gasteiger partial charge is 0.356 e. The highest BCUT2D eigenvalue weighted by atomic mass is 16.1. The van der Waals surface area contributed by atoms with E-state index in [1.54, 1.807) is 0 Å². The SMILES string of the molecule is CC(CC(=O)NCCCN)C(C)(C)C. The first-order valence-electron chi connectivity index (χ1n) is 5.34. The summed E-state index contributed by atoms with van der Waals surface area (Å²) in [5.41, 5.74) is 5.53. The van der Waals surface area contributed by atoms with Gasteiger partial charge in [-0.2, -0.15) is 0 Å². The first-order valence-corrected chi connectivity index (χ1v) is 5.34. The second-order valence-electron chi connectivity index (χ2n) is 4.96. The standard InChI is InChI=1S/C11H24N2O/c1-9(11(2,3)4)8-10(14)13-7-5-6-12/h9H,5-8,12H2,1-4H3,(H,13,14). The quantitative estimate of drug-likeness (QED) is 0.661. The fourth-order valence-electron chi connectivity index (χ4n) is 0.986. The van der Waals surface area contributed by atoms with Crippen LogP contribution in [0.15, 0.2) is 0 Å². The lowest BCUT2D eigenvalue weighted by molar-refractivity contribution is -0.122. The molecule has 84 valence electrons. The number of amides is 1. The molecule has 0 aliphatic rings. The van der Waals surface area contributed by atoms with Gasteiger partial charge in [0.05, 0.1) is 0 Å². The van der Waals surface area contributed by atoms with Crippen LogP contribution in [0.2, 0.25) is 0 Å². The van der Waals surface area contributed by atoms with Crippen LogP contribution in [0, 0.1) is 11.3 Å². The summed E-state index contributed by atoms with van der Waals surface area (Å²) in [7, 11) is 0. The van der Waals surface area contributed by atoms with Crippen molar-refractivity contribution in [2.45, 2.75) is 40.5 Å². The van der Waals surface area contributed by atoms with E-state index in [1.807, 2.05) is 0 Å². The topological polar surface area (TPSA) is 55.1 Å². The summed E-state index contributed by atoms with van der Waals surface area (Å²) in [4.78, 5) is 11.4.